The van der Waals surface area contributed by atoms with Crippen LogP contribution in [0.2, 0.25) is 0 Å². The Hall–Kier alpha value is -2.34. The van der Waals surface area contributed by atoms with Gasteiger partial charge >= 0.3 is 0 Å². The van der Waals surface area contributed by atoms with E-state index < -0.39 is 10.0 Å². The molecule has 1 aliphatic rings. The highest BCUT2D eigenvalue weighted by Gasteiger charge is 2.21. The number of primary sulfonamides is 1. The summed E-state index contributed by atoms with van der Waals surface area (Å²) in [5, 5.41) is 9.39. The van der Waals surface area contributed by atoms with Gasteiger partial charge in [0.2, 0.25) is 10.3 Å². The number of thiazole rings is 1. The van der Waals surface area contributed by atoms with Crippen LogP contribution in [-0.4, -0.2) is 35.5 Å². The second-order valence-electron chi connectivity index (χ2n) is 6.70. The zero-order valence-corrected chi connectivity index (χ0v) is 16.5. The van der Waals surface area contributed by atoms with E-state index in [1.165, 1.54) is 6.20 Å². The summed E-state index contributed by atoms with van der Waals surface area (Å²) in [5.41, 5.74) is 6.65. The number of benzene rings is 1. The zero-order chi connectivity index (χ0) is 19.7. The van der Waals surface area contributed by atoms with Crippen molar-refractivity contribution >= 4 is 43.2 Å². The van der Waals surface area contributed by atoms with E-state index >= 15 is 0 Å². The Balaban J connectivity index is 1.58. The van der Waals surface area contributed by atoms with Gasteiger partial charge in [-0.2, -0.15) is 0 Å². The Kier molecular flexibility index (Phi) is 5.15. The van der Waals surface area contributed by atoms with E-state index in [0.29, 0.717) is 22.2 Å². The van der Waals surface area contributed by atoms with Crippen LogP contribution in [0.4, 0.5) is 10.9 Å². The Morgan fingerprint density at radius 3 is 2.64 bits per heavy atom. The van der Waals surface area contributed by atoms with Crippen molar-refractivity contribution in [1.29, 1.82) is 0 Å². The third kappa shape index (κ3) is 4.22. The monoisotopic (exact) mass is 420 g/mol. The van der Waals surface area contributed by atoms with Crippen LogP contribution >= 0.6 is 11.3 Å². The number of rotatable bonds is 5. The van der Waals surface area contributed by atoms with E-state index in [1.807, 2.05) is 18.2 Å². The van der Waals surface area contributed by atoms with Crippen LogP contribution in [0.3, 0.4) is 0 Å². The Morgan fingerprint density at radius 2 is 1.93 bits per heavy atom. The Bertz CT molecular complexity index is 1090. The summed E-state index contributed by atoms with van der Waals surface area (Å²) < 4.78 is 28.8. The number of hydrogen-bond acceptors (Lipinski definition) is 9. The highest BCUT2D eigenvalue weighted by molar-refractivity contribution is 7.91. The van der Waals surface area contributed by atoms with Crippen molar-refractivity contribution in [1.82, 2.24) is 15.0 Å². The van der Waals surface area contributed by atoms with Crippen molar-refractivity contribution in [2.45, 2.75) is 42.2 Å². The van der Waals surface area contributed by atoms with Gasteiger partial charge in [-0.3, -0.25) is 0 Å². The van der Waals surface area contributed by atoms with Crippen molar-refractivity contribution < 1.29 is 13.2 Å². The Labute approximate surface area is 166 Å². The molecule has 5 N–H and O–H groups in total. The molecule has 2 heterocycles. The fourth-order valence-corrected chi connectivity index (χ4v) is 4.60. The molecule has 1 saturated carbocycles. The van der Waals surface area contributed by atoms with Gasteiger partial charge in [0.05, 0.1) is 12.3 Å². The van der Waals surface area contributed by atoms with Crippen LogP contribution in [0.15, 0.2) is 34.9 Å². The predicted molar refractivity (Wildman–Crippen MR) is 107 cm³/mol. The fraction of sp³-hybridized carbons (Fsp3) is 0.353. The van der Waals surface area contributed by atoms with E-state index in [-0.39, 0.29) is 16.5 Å². The number of nitrogens with two attached hydrogens (primary N) is 2. The van der Waals surface area contributed by atoms with Crippen LogP contribution in [0, 0.1) is 0 Å². The summed E-state index contributed by atoms with van der Waals surface area (Å²) in [6, 6.07) is 5.96. The van der Waals surface area contributed by atoms with Crippen molar-refractivity contribution in [3.63, 3.8) is 0 Å². The van der Waals surface area contributed by atoms with Gasteiger partial charge in [-0.15, -0.1) is 0 Å². The van der Waals surface area contributed by atoms with E-state index in [2.05, 4.69) is 20.3 Å². The van der Waals surface area contributed by atoms with Gasteiger partial charge in [0, 0.05) is 17.6 Å². The maximum atomic E-state index is 11.4. The normalized spacial score (nSPS) is 20.2. The van der Waals surface area contributed by atoms with Gasteiger partial charge in [0.1, 0.15) is 16.3 Å². The molecule has 0 radical (unpaired) electrons. The summed E-state index contributed by atoms with van der Waals surface area (Å²) in [4.78, 5) is 12.6. The number of sulfonamides is 1. The highest BCUT2D eigenvalue weighted by atomic mass is 32.2. The molecule has 1 aliphatic carbocycles. The first-order valence-electron chi connectivity index (χ1n) is 8.82. The highest BCUT2D eigenvalue weighted by Crippen LogP contribution is 2.30. The van der Waals surface area contributed by atoms with Gasteiger partial charge in [0.15, 0.2) is 0 Å². The predicted octanol–water partition coefficient (Wildman–Crippen LogP) is 2.13. The molecule has 0 amide bonds. The molecule has 1 fully saturated rings. The first-order valence-corrected chi connectivity index (χ1v) is 11.2. The first kappa shape index (κ1) is 19.0. The standard InChI is InChI=1S/C17H20N6O3S2/c18-11-4-6-12(7-5-11)26-13-3-1-2-10-8-20-16(23-15(10)13)22-14-9-21-17(27-14)28(19,24)25/h1-3,8-9,11-12H,4-7,18H2,(H2,19,24,25)(H,20,22,23). The summed E-state index contributed by atoms with van der Waals surface area (Å²) in [5.74, 6) is 1.01. The number of nitrogens with one attached hydrogen (secondary N) is 1. The lowest BCUT2D eigenvalue weighted by Crippen LogP contribution is -2.31. The summed E-state index contributed by atoms with van der Waals surface area (Å²) in [6.45, 7) is 0. The van der Waals surface area contributed by atoms with E-state index in [9.17, 15) is 8.42 Å². The van der Waals surface area contributed by atoms with E-state index in [1.54, 1.807) is 6.20 Å². The van der Waals surface area contributed by atoms with Crippen molar-refractivity contribution in [2.75, 3.05) is 5.32 Å². The molecule has 0 saturated heterocycles. The molecule has 9 nitrogen and oxygen atoms in total. The van der Waals surface area contributed by atoms with Gasteiger partial charge in [-0.25, -0.2) is 28.5 Å². The molecule has 28 heavy (non-hydrogen) atoms. The molecule has 1 aromatic carbocycles. The number of para-hydroxylation sites is 1. The minimum absolute atomic E-state index is 0.121. The minimum atomic E-state index is -3.84. The number of ether oxygens (including phenoxy) is 1. The number of hydrogen-bond donors (Lipinski definition) is 3. The van der Waals surface area contributed by atoms with Gasteiger partial charge in [0.25, 0.3) is 10.0 Å². The van der Waals surface area contributed by atoms with Crippen LogP contribution in [0.5, 0.6) is 5.75 Å². The molecule has 4 rings (SSSR count). The van der Waals surface area contributed by atoms with E-state index in [4.69, 9.17) is 15.6 Å². The number of anilines is 2. The summed E-state index contributed by atoms with van der Waals surface area (Å²) in [6.07, 6.45) is 6.94. The molecule has 11 heteroatoms. The molecule has 2 aromatic heterocycles. The molecule has 0 aliphatic heterocycles. The average Bonchev–Trinajstić information content (AvgIpc) is 3.13. The van der Waals surface area contributed by atoms with Gasteiger partial charge < -0.3 is 15.8 Å². The van der Waals surface area contributed by atoms with Crippen molar-refractivity contribution in [3.8, 4) is 5.75 Å². The third-order valence-corrected chi connectivity index (χ3v) is 6.80. The van der Waals surface area contributed by atoms with Crippen LogP contribution in [-0.2, 0) is 10.0 Å². The largest absolute Gasteiger partial charge is 0.488 e. The molecular weight excluding hydrogens is 400 g/mol. The lowest BCUT2D eigenvalue weighted by atomic mass is 9.94. The fourth-order valence-electron chi connectivity index (χ4n) is 3.13. The first-order chi connectivity index (χ1) is 13.4. The molecule has 148 valence electrons. The lowest BCUT2D eigenvalue weighted by Gasteiger charge is -2.27. The molecule has 0 bridgehead atoms. The second-order valence-corrected chi connectivity index (χ2v) is 9.47. The smallest absolute Gasteiger partial charge is 0.265 e. The molecule has 0 unspecified atom stereocenters. The topological polar surface area (TPSA) is 146 Å². The third-order valence-electron chi connectivity index (χ3n) is 4.55. The quantitative estimate of drug-likeness (QED) is 0.569. The number of aromatic nitrogens is 3. The van der Waals surface area contributed by atoms with Crippen LogP contribution in [0.1, 0.15) is 25.7 Å². The van der Waals surface area contributed by atoms with Gasteiger partial charge in [-0.1, -0.05) is 23.5 Å². The maximum Gasteiger partial charge on any atom is 0.265 e. The molecular formula is C17H20N6O3S2. The molecule has 3 aromatic rings. The zero-order valence-electron chi connectivity index (χ0n) is 14.9. The van der Waals surface area contributed by atoms with Gasteiger partial charge in [-0.05, 0) is 31.7 Å². The summed E-state index contributed by atoms with van der Waals surface area (Å²) >= 11 is 0.915. The molecule has 0 spiro atoms. The minimum Gasteiger partial charge on any atom is -0.488 e. The second kappa shape index (κ2) is 7.59. The lowest BCUT2D eigenvalue weighted by molar-refractivity contribution is 0.149. The van der Waals surface area contributed by atoms with Crippen molar-refractivity contribution in [3.05, 3.63) is 30.6 Å². The maximum absolute atomic E-state index is 11.4. The van der Waals surface area contributed by atoms with Crippen LogP contribution in [0.25, 0.3) is 10.9 Å². The van der Waals surface area contributed by atoms with Crippen molar-refractivity contribution in [2.24, 2.45) is 10.9 Å². The summed E-state index contributed by atoms with van der Waals surface area (Å²) in [7, 11) is -3.84. The van der Waals surface area contributed by atoms with E-state index in [0.717, 1.165) is 42.4 Å². The Morgan fingerprint density at radius 1 is 1.14 bits per heavy atom. The average molecular weight is 421 g/mol. The SMILES string of the molecule is NC1CCC(Oc2cccc3cnc(Nc4cnc(S(N)(=O)=O)s4)nc23)CC1. The molecule has 0 atom stereocenters. The number of fused-ring (bicyclic) bond motifs is 1. The van der Waals surface area contributed by atoms with Crippen LogP contribution < -0.4 is 20.9 Å². The number of nitrogens with zero attached hydrogens (tertiary/aromatic N) is 3.